The van der Waals surface area contributed by atoms with Crippen molar-refractivity contribution in [2.75, 3.05) is 6.61 Å². The summed E-state index contributed by atoms with van der Waals surface area (Å²) in [5, 5.41) is 0. The maximum absolute atomic E-state index is 13.4. The molecule has 2 heterocycles. The number of halogens is 2. The van der Waals surface area contributed by atoms with Crippen LogP contribution in [0.15, 0.2) is 12.3 Å². The van der Waals surface area contributed by atoms with Gasteiger partial charge in [-0.2, -0.15) is 0 Å². The fourth-order valence-corrected chi connectivity index (χ4v) is 1.63. The van der Waals surface area contributed by atoms with Crippen LogP contribution in [0.3, 0.4) is 0 Å². The normalized spacial score (nSPS) is 10.8. The highest BCUT2D eigenvalue weighted by Gasteiger charge is 2.20. The van der Waals surface area contributed by atoms with E-state index in [0.717, 1.165) is 16.7 Å². The fraction of sp³-hybridized carbons (Fsp3) is 0.273. The second-order valence-electron chi connectivity index (χ2n) is 3.47. The molecular weight excluding hydrogens is 230 g/mol. The standard InChI is InChI=1S/C11H10F2N2O2/c1-3-17-11(16)9-6(2)14-10-8(13)4-7(12)5-15(9)10/h4-5H,3H2,1-2H3. The molecule has 0 atom stereocenters. The molecule has 0 aliphatic rings. The minimum absolute atomic E-state index is 0.0419. The van der Waals surface area contributed by atoms with Crippen LogP contribution in [0.4, 0.5) is 8.78 Å². The molecule has 0 aromatic carbocycles. The number of rotatable bonds is 2. The van der Waals surface area contributed by atoms with Crippen LogP contribution in [0.25, 0.3) is 5.65 Å². The predicted molar refractivity (Wildman–Crippen MR) is 55.8 cm³/mol. The average molecular weight is 240 g/mol. The maximum Gasteiger partial charge on any atom is 0.357 e. The minimum Gasteiger partial charge on any atom is -0.461 e. The molecule has 0 N–H and O–H groups in total. The van der Waals surface area contributed by atoms with Crippen LogP contribution in [0.1, 0.15) is 23.1 Å². The number of pyridine rings is 1. The first-order valence-corrected chi connectivity index (χ1v) is 5.05. The van der Waals surface area contributed by atoms with Gasteiger partial charge in [0, 0.05) is 12.3 Å². The molecule has 0 aliphatic carbocycles. The third-order valence-electron chi connectivity index (χ3n) is 2.28. The van der Waals surface area contributed by atoms with Crippen LogP contribution in [0, 0.1) is 18.6 Å². The van der Waals surface area contributed by atoms with E-state index in [9.17, 15) is 13.6 Å². The van der Waals surface area contributed by atoms with Gasteiger partial charge < -0.3 is 4.74 Å². The third-order valence-corrected chi connectivity index (χ3v) is 2.28. The summed E-state index contributed by atoms with van der Waals surface area (Å²) in [4.78, 5) is 15.5. The molecule has 0 saturated heterocycles. The van der Waals surface area contributed by atoms with Gasteiger partial charge in [-0.15, -0.1) is 0 Å². The van der Waals surface area contributed by atoms with Crippen LogP contribution in [0.5, 0.6) is 0 Å². The van der Waals surface area contributed by atoms with E-state index in [-0.39, 0.29) is 17.9 Å². The largest absolute Gasteiger partial charge is 0.461 e. The molecule has 0 bridgehead atoms. The Labute approximate surface area is 95.8 Å². The summed E-state index contributed by atoms with van der Waals surface area (Å²) in [5.41, 5.74) is 0.250. The summed E-state index contributed by atoms with van der Waals surface area (Å²) in [6, 6.07) is 0.719. The number of esters is 1. The molecule has 6 heteroatoms. The highest BCUT2D eigenvalue weighted by Crippen LogP contribution is 2.17. The summed E-state index contributed by atoms with van der Waals surface area (Å²) >= 11 is 0. The summed E-state index contributed by atoms with van der Waals surface area (Å²) in [6.45, 7) is 3.37. The number of hydrogen-bond donors (Lipinski definition) is 0. The number of carbonyl (C=O) groups excluding carboxylic acids is 1. The predicted octanol–water partition coefficient (Wildman–Crippen LogP) is 2.10. The Morgan fingerprint density at radius 1 is 1.53 bits per heavy atom. The van der Waals surface area contributed by atoms with Crippen molar-refractivity contribution in [2.45, 2.75) is 13.8 Å². The lowest BCUT2D eigenvalue weighted by Crippen LogP contribution is -2.10. The molecule has 0 fully saturated rings. The van der Waals surface area contributed by atoms with Gasteiger partial charge in [0.1, 0.15) is 5.82 Å². The first-order chi connectivity index (χ1) is 8.04. The van der Waals surface area contributed by atoms with Crippen LogP contribution in [-0.2, 0) is 4.74 Å². The first kappa shape index (κ1) is 11.5. The average Bonchev–Trinajstić information content (AvgIpc) is 2.55. The smallest absolute Gasteiger partial charge is 0.357 e. The van der Waals surface area contributed by atoms with E-state index in [4.69, 9.17) is 4.74 Å². The molecule has 0 radical (unpaired) electrons. The first-order valence-electron chi connectivity index (χ1n) is 5.05. The van der Waals surface area contributed by atoms with Gasteiger partial charge in [0.25, 0.3) is 0 Å². The molecule has 2 aromatic heterocycles. The van der Waals surface area contributed by atoms with Crippen molar-refractivity contribution in [3.8, 4) is 0 Å². The molecule has 90 valence electrons. The molecule has 4 nitrogen and oxygen atoms in total. The van der Waals surface area contributed by atoms with Crippen LogP contribution >= 0.6 is 0 Å². The van der Waals surface area contributed by atoms with E-state index in [1.54, 1.807) is 6.92 Å². The number of nitrogens with zero attached hydrogens (tertiary/aromatic N) is 2. The van der Waals surface area contributed by atoms with Crippen LogP contribution in [0.2, 0.25) is 0 Å². The van der Waals surface area contributed by atoms with E-state index < -0.39 is 17.6 Å². The van der Waals surface area contributed by atoms with Gasteiger partial charge in [-0.25, -0.2) is 18.6 Å². The van der Waals surface area contributed by atoms with E-state index in [2.05, 4.69) is 4.98 Å². The topological polar surface area (TPSA) is 43.6 Å². The highest BCUT2D eigenvalue weighted by molar-refractivity contribution is 5.90. The van der Waals surface area contributed by atoms with Gasteiger partial charge in [0.2, 0.25) is 0 Å². The Balaban J connectivity index is 2.70. The summed E-state index contributed by atoms with van der Waals surface area (Å²) < 4.78 is 32.4. The van der Waals surface area contributed by atoms with Gasteiger partial charge >= 0.3 is 5.97 Å². The van der Waals surface area contributed by atoms with E-state index in [0.29, 0.717) is 5.69 Å². The van der Waals surface area contributed by atoms with Crippen molar-refractivity contribution in [3.63, 3.8) is 0 Å². The molecule has 0 aliphatic heterocycles. The van der Waals surface area contributed by atoms with Crippen molar-refractivity contribution >= 4 is 11.6 Å². The Bertz CT molecular complexity index is 593. The maximum atomic E-state index is 13.4. The molecule has 2 rings (SSSR count). The molecule has 17 heavy (non-hydrogen) atoms. The zero-order valence-electron chi connectivity index (χ0n) is 9.33. The van der Waals surface area contributed by atoms with Crippen molar-refractivity contribution in [1.29, 1.82) is 0 Å². The Morgan fingerprint density at radius 2 is 2.24 bits per heavy atom. The highest BCUT2D eigenvalue weighted by atomic mass is 19.1. The van der Waals surface area contributed by atoms with E-state index in [1.807, 2.05) is 0 Å². The van der Waals surface area contributed by atoms with Crippen molar-refractivity contribution in [3.05, 3.63) is 35.3 Å². The van der Waals surface area contributed by atoms with Gasteiger partial charge in [-0.05, 0) is 13.8 Å². The zero-order valence-corrected chi connectivity index (χ0v) is 9.33. The fourth-order valence-electron chi connectivity index (χ4n) is 1.63. The number of aromatic nitrogens is 2. The van der Waals surface area contributed by atoms with Gasteiger partial charge in [0.15, 0.2) is 17.2 Å². The second-order valence-corrected chi connectivity index (χ2v) is 3.47. The number of hydrogen-bond acceptors (Lipinski definition) is 3. The lowest BCUT2D eigenvalue weighted by atomic mass is 10.3. The van der Waals surface area contributed by atoms with Gasteiger partial charge in [-0.3, -0.25) is 4.40 Å². The SMILES string of the molecule is CCOC(=O)c1c(C)nc2c(F)cc(F)cn12. The molecule has 0 spiro atoms. The number of ether oxygens (including phenoxy) is 1. The number of carbonyl (C=O) groups is 1. The lowest BCUT2D eigenvalue weighted by Gasteiger charge is -2.03. The summed E-state index contributed by atoms with van der Waals surface area (Å²) in [6.07, 6.45) is 1.00. The van der Waals surface area contributed by atoms with Gasteiger partial charge in [-0.1, -0.05) is 0 Å². The number of imidazole rings is 1. The Morgan fingerprint density at radius 3 is 2.88 bits per heavy atom. The molecule has 2 aromatic rings. The van der Waals surface area contributed by atoms with E-state index >= 15 is 0 Å². The Kier molecular flexibility index (Phi) is 2.79. The van der Waals surface area contributed by atoms with Crippen LogP contribution in [-0.4, -0.2) is 22.0 Å². The second kappa shape index (κ2) is 4.12. The molecule has 0 unspecified atom stereocenters. The Hall–Kier alpha value is -1.98. The monoisotopic (exact) mass is 240 g/mol. The quantitative estimate of drug-likeness (QED) is 0.755. The lowest BCUT2D eigenvalue weighted by molar-refractivity contribution is 0.0517. The molecule has 0 saturated carbocycles. The van der Waals surface area contributed by atoms with Crippen molar-refractivity contribution in [1.82, 2.24) is 9.38 Å². The molecular formula is C11H10F2N2O2. The van der Waals surface area contributed by atoms with E-state index in [1.165, 1.54) is 6.92 Å². The van der Waals surface area contributed by atoms with Crippen molar-refractivity contribution < 1.29 is 18.3 Å². The summed E-state index contributed by atoms with van der Waals surface area (Å²) in [5.74, 6) is -2.25. The minimum atomic E-state index is -0.816. The molecule has 0 amide bonds. The zero-order chi connectivity index (χ0) is 12.6. The number of fused-ring (bicyclic) bond motifs is 1. The third kappa shape index (κ3) is 1.86. The van der Waals surface area contributed by atoms with Crippen LogP contribution < -0.4 is 0 Å². The van der Waals surface area contributed by atoms with Gasteiger partial charge in [0.05, 0.1) is 12.3 Å². The number of aryl methyl sites for hydroxylation is 1. The van der Waals surface area contributed by atoms with Crippen molar-refractivity contribution in [2.24, 2.45) is 0 Å². The summed E-state index contributed by atoms with van der Waals surface area (Å²) in [7, 11) is 0.